The zero-order valence-corrected chi connectivity index (χ0v) is 12.9. The lowest BCUT2D eigenvalue weighted by atomic mass is 10.3. The van der Waals surface area contributed by atoms with E-state index in [1.807, 2.05) is 18.2 Å². The molecule has 0 unspecified atom stereocenters. The second kappa shape index (κ2) is 6.91. The van der Waals surface area contributed by atoms with E-state index in [4.69, 9.17) is 4.74 Å². The standard InChI is InChI=1S/C14H20N2O4S/c1-21(18,19)16-9-5-8-15(10-11-16)14(17)12-20-13-6-3-2-4-7-13/h2-4,6-7H,5,8-12H2,1H3. The summed E-state index contributed by atoms with van der Waals surface area (Å²) in [5.41, 5.74) is 0. The van der Waals surface area contributed by atoms with E-state index in [0.29, 0.717) is 38.3 Å². The summed E-state index contributed by atoms with van der Waals surface area (Å²) >= 11 is 0. The minimum atomic E-state index is -3.19. The number of ether oxygens (including phenoxy) is 1. The molecule has 1 heterocycles. The fourth-order valence-corrected chi connectivity index (χ4v) is 3.10. The molecule has 0 saturated carbocycles. The SMILES string of the molecule is CS(=O)(=O)N1CCCN(C(=O)COc2ccccc2)CC1. The zero-order chi connectivity index (χ0) is 15.3. The lowest BCUT2D eigenvalue weighted by Gasteiger charge is -2.21. The minimum Gasteiger partial charge on any atom is -0.484 e. The van der Waals surface area contributed by atoms with Crippen LogP contribution in [-0.4, -0.2) is 62.6 Å². The van der Waals surface area contributed by atoms with Gasteiger partial charge in [-0.3, -0.25) is 4.79 Å². The van der Waals surface area contributed by atoms with Crippen molar-refractivity contribution in [2.45, 2.75) is 6.42 Å². The van der Waals surface area contributed by atoms with Gasteiger partial charge in [0.25, 0.3) is 5.91 Å². The third-order valence-electron chi connectivity index (χ3n) is 3.38. The van der Waals surface area contributed by atoms with Crippen LogP contribution < -0.4 is 4.74 Å². The number of benzene rings is 1. The van der Waals surface area contributed by atoms with E-state index in [9.17, 15) is 13.2 Å². The topological polar surface area (TPSA) is 66.9 Å². The molecule has 1 saturated heterocycles. The van der Waals surface area contributed by atoms with Crippen molar-refractivity contribution in [1.29, 1.82) is 0 Å². The predicted octanol–water partition coefficient (Wildman–Crippen LogP) is 0.559. The third-order valence-corrected chi connectivity index (χ3v) is 4.69. The molecule has 0 atom stereocenters. The molecule has 0 aliphatic carbocycles. The van der Waals surface area contributed by atoms with Crippen molar-refractivity contribution in [3.8, 4) is 5.75 Å². The van der Waals surface area contributed by atoms with Crippen LogP contribution in [0.1, 0.15) is 6.42 Å². The summed E-state index contributed by atoms with van der Waals surface area (Å²) < 4.78 is 29.9. The maximum absolute atomic E-state index is 12.1. The molecule has 21 heavy (non-hydrogen) atoms. The molecule has 1 aromatic rings. The van der Waals surface area contributed by atoms with Crippen LogP contribution in [0, 0.1) is 0 Å². The Balaban J connectivity index is 1.86. The molecule has 0 aromatic heterocycles. The molecule has 6 nitrogen and oxygen atoms in total. The molecule has 1 aliphatic rings. The number of para-hydroxylation sites is 1. The normalized spacial score (nSPS) is 17.3. The first-order valence-electron chi connectivity index (χ1n) is 6.87. The monoisotopic (exact) mass is 312 g/mol. The summed E-state index contributed by atoms with van der Waals surface area (Å²) in [7, 11) is -3.19. The van der Waals surface area contributed by atoms with Crippen LogP contribution in [0.15, 0.2) is 30.3 Å². The van der Waals surface area contributed by atoms with Crippen LogP contribution in [0.5, 0.6) is 5.75 Å². The predicted molar refractivity (Wildman–Crippen MR) is 79.6 cm³/mol. The molecule has 1 aromatic carbocycles. The molecule has 0 radical (unpaired) electrons. The van der Waals surface area contributed by atoms with Crippen molar-refractivity contribution in [2.75, 3.05) is 39.0 Å². The summed E-state index contributed by atoms with van der Waals surface area (Å²) in [4.78, 5) is 13.8. The lowest BCUT2D eigenvalue weighted by molar-refractivity contribution is -0.133. The van der Waals surface area contributed by atoms with Crippen molar-refractivity contribution in [3.05, 3.63) is 30.3 Å². The van der Waals surface area contributed by atoms with E-state index in [2.05, 4.69) is 0 Å². The van der Waals surface area contributed by atoms with Crippen LogP contribution in [0.25, 0.3) is 0 Å². The average molecular weight is 312 g/mol. The molecule has 0 spiro atoms. The number of carbonyl (C=O) groups excluding carboxylic acids is 1. The molecule has 7 heteroatoms. The number of nitrogens with zero attached hydrogens (tertiary/aromatic N) is 2. The summed E-state index contributed by atoms with van der Waals surface area (Å²) in [6.45, 7) is 1.74. The summed E-state index contributed by atoms with van der Waals surface area (Å²) in [6.07, 6.45) is 1.84. The number of hydrogen-bond acceptors (Lipinski definition) is 4. The Morgan fingerprint density at radius 1 is 1.14 bits per heavy atom. The third kappa shape index (κ3) is 4.71. The van der Waals surface area contributed by atoms with Gasteiger partial charge in [0.1, 0.15) is 5.75 Å². The number of sulfonamides is 1. The van der Waals surface area contributed by atoms with Crippen molar-refractivity contribution >= 4 is 15.9 Å². The van der Waals surface area contributed by atoms with Gasteiger partial charge in [0, 0.05) is 26.2 Å². The highest BCUT2D eigenvalue weighted by Crippen LogP contribution is 2.10. The Morgan fingerprint density at radius 3 is 2.52 bits per heavy atom. The quantitative estimate of drug-likeness (QED) is 0.815. The van der Waals surface area contributed by atoms with Crippen LogP contribution in [0.2, 0.25) is 0 Å². The zero-order valence-electron chi connectivity index (χ0n) is 12.1. The van der Waals surface area contributed by atoms with Crippen LogP contribution in [-0.2, 0) is 14.8 Å². The van der Waals surface area contributed by atoms with Gasteiger partial charge >= 0.3 is 0 Å². The van der Waals surface area contributed by atoms with Gasteiger partial charge < -0.3 is 9.64 Å². The Bertz CT molecular complexity index is 574. The smallest absolute Gasteiger partial charge is 0.260 e. The molecule has 2 rings (SSSR count). The fourth-order valence-electron chi connectivity index (χ4n) is 2.23. The Labute approximate surface area is 125 Å². The molecule has 1 amide bonds. The highest BCUT2D eigenvalue weighted by molar-refractivity contribution is 7.88. The highest BCUT2D eigenvalue weighted by Gasteiger charge is 2.23. The first-order chi connectivity index (χ1) is 9.97. The van der Waals surface area contributed by atoms with E-state index < -0.39 is 10.0 Å². The van der Waals surface area contributed by atoms with Crippen molar-refractivity contribution < 1.29 is 17.9 Å². The van der Waals surface area contributed by atoms with Gasteiger partial charge in [0.15, 0.2) is 6.61 Å². The Kier molecular flexibility index (Phi) is 5.19. The molecule has 1 fully saturated rings. The van der Waals surface area contributed by atoms with Crippen LogP contribution in [0.3, 0.4) is 0 Å². The van der Waals surface area contributed by atoms with Crippen molar-refractivity contribution in [1.82, 2.24) is 9.21 Å². The first kappa shape index (κ1) is 15.8. The molecular formula is C14H20N2O4S. The van der Waals surface area contributed by atoms with E-state index in [1.165, 1.54) is 10.6 Å². The van der Waals surface area contributed by atoms with Gasteiger partial charge in [-0.2, -0.15) is 0 Å². The second-order valence-corrected chi connectivity index (χ2v) is 6.98. The van der Waals surface area contributed by atoms with Gasteiger partial charge in [-0.1, -0.05) is 18.2 Å². The number of amides is 1. The summed E-state index contributed by atoms with van der Waals surface area (Å²) in [5, 5.41) is 0. The van der Waals surface area contributed by atoms with Gasteiger partial charge in [-0.05, 0) is 18.6 Å². The summed E-state index contributed by atoms with van der Waals surface area (Å²) in [5.74, 6) is 0.535. The molecule has 116 valence electrons. The maximum atomic E-state index is 12.1. The van der Waals surface area contributed by atoms with E-state index in [-0.39, 0.29) is 12.5 Å². The highest BCUT2D eigenvalue weighted by atomic mass is 32.2. The number of rotatable bonds is 4. The first-order valence-corrected chi connectivity index (χ1v) is 8.72. The van der Waals surface area contributed by atoms with E-state index in [0.717, 1.165) is 0 Å². The number of carbonyl (C=O) groups is 1. The lowest BCUT2D eigenvalue weighted by Crippen LogP contribution is -2.39. The van der Waals surface area contributed by atoms with Gasteiger partial charge in [-0.15, -0.1) is 0 Å². The van der Waals surface area contributed by atoms with Crippen LogP contribution >= 0.6 is 0 Å². The second-order valence-electron chi connectivity index (χ2n) is 5.00. The Hall–Kier alpha value is -1.60. The molecule has 0 N–H and O–H groups in total. The molecule has 1 aliphatic heterocycles. The fraction of sp³-hybridized carbons (Fsp3) is 0.500. The van der Waals surface area contributed by atoms with Crippen molar-refractivity contribution in [2.24, 2.45) is 0 Å². The average Bonchev–Trinajstić information content (AvgIpc) is 2.71. The van der Waals surface area contributed by atoms with Crippen molar-refractivity contribution in [3.63, 3.8) is 0 Å². The largest absolute Gasteiger partial charge is 0.484 e. The Morgan fingerprint density at radius 2 is 1.86 bits per heavy atom. The van der Waals surface area contributed by atoms with E-state index >= 15 is 0 Å². The van der Waals surface area contributed by atoms with Crippen LogP contribution in [0.4, 0.5) is 0 Å². The summed E-state index contributed by atoms with van der Waals surface area (Å²) in [6, 6.07) is 9.15. The molecular weight excluding hydrogens is 292 g/mol. The van der Waals surface area contributed by atoms with Gasteiger partial charge in [0.05, 0.1) is 6.26 Å². The van der Waals surface area contributed by atoms with E-state index in [1.54, 1.807) is 17.0 Å². The number of hydrogen-bond donors (Lipinski definition) is 0. The maximum Gasteiger partial charge on any atom is 0.260 e. The van der Waals surface area contributed by atoms with Gasteiger partial charge in [0.2, 0.25) is 10.0 Å². The minimum absolute atomic E-state index is 0.0249. The molecule has 0 bridgehead atoms. The van der Waals surface area contributed by atoms with Gasteiger partial charge in [-0.25, -0.2) is 12.7 Å².